The molecule has 0 aromatic heterocycles. The minimum atomic E-state index is -0.0404. The predicted molar refractivity (Wildman–Crippen MR) is 77.2 cm³/mol. The van der Waals surface area contributed by atoms with E-state index in [1.54, 1.807) is 7.11 Å². The van der Waals surface area contributed by atoms with Crippen molar-refractivity contribution in [3.63, 3.8) is 0 Å². The van der Waals surface area contributed by atoms with Gasteiger partial charge in [-0.05, 0) is 44.5 Å². The van der Waals surface area contributed by atoms with Gasteiger partial charge in [0.05, 0.1) is 13.7 Å². The van der Waals surface area contributed by atoms with Crippen molar-refractivity contribution in [2.75, 3.05) is 13.7 Å². The Morgan fingerprint density at radius 1 is 1.39 bits per heavy atom. The van der Waals surface area contributed by atoms with E-state index in [4.69, 9.17) is 4.74 Å². The molecular weight excluding hydrogens is 294 g/mol. The van der Waals surface area contributed by atoms with Crippen LogP contribution in [0.25, 0.3) is 0 Å². The SMILES string of the molecule is COc1ccc(Br)c(CC(=O)CNC(C)(C)C)c1. The highest BCUT2D eigenvalue weighted by Crippen LogP contribution is 2.23. The third kappa shape index (κ3) is 5.19. The summed E-state index contributed by atoms with van der Waals surface area (Å²) in [4.78, 5) is 11.9. The molecule has 0 aliphatic rings. The molecule has 0 atom stereocenters. The highest BCUT2D eigenvalue weighted by Gasteiger charge is 2.13. The minimum absolute atomic E-state index is 0.0404. The molecule has 0 unspecified atom stereocenters. The van der Waals surface area contributed by atoms with Gasteiger partial charge in [-0.25, -0.2) is 0 Å². The van der Waals surface area contributed by atoms with E-state index in [0.29, 0.717) is 13.0 Å². The normalized spacial score (nSPS) is 11.4. The van der Waals surface area contributed by atoms with Crippen molar-refractivity contribution in [1.82, 2.24) is 5.32 Å². The Kier molecular flexibility index (Phi) is 5.35. The second-order valence-corrected chi connectivity index (χ2v) is 6.13. The Labute approximate surface area is 117 Å². The van der Waals surface area contributed by atoms with Gasteiger partial charge in [0, 0.05) is 16.4 Å². The number of halogens is 1. The number of hydrogen-bond donors (Lipinski definition) is 1. The van der Waals surface area contributed by atoms with Gasteiger partial charge in [-0.15, -0.1) is 0 Å². The molecule has 0 amide bonds. The van der Waals surface area contributed by atoms with Crippen LogP contribution in [0, 0.1) is 0 Å². The Morgan fingerprint density at radius 3 is 2.61 bits per heavy atom. The van der Waals surface area contributed by atoms with E-state index in [0.717, 1.165) is 15.8 Å². The molecule has 0 radical (unpaired) electrons. The topological polar surface area (TPSA) is 38.3 Å². The number of Topliss-reactive ketones (excluding diaryl/α,β-unsaturated/α-hetero) is 1. The van der Waals surface area contributed by atoms with E-state index in [1.165, 1.54) is 0 Å². The van der Waals surface area contributed by atoms with Gasteiger partial charge in [-0.3, -0.25) is 4.79 Å². The first-order valence-electron chi connectivity index (χ1n) is 5.91. The lowest BCUT2D eigenvalue weighted by Gasteiger charge is -2.19. The van der Waals surface area contributed by atoms with Crippen molar-refractivity contribution in [2.45, 2.75) is 32.7 Å². The fourth-order valence-electron chi connectivity index (χ4n) is 1.45. The van der Waals surface area contributed by atoms with Crippen LogP contribution in [-0.2, 0) is 11.2 Å². The van der Waals surface area contributed by atoms with Crippen molar-refractivity contribution in [3.8, 4) is 5.75 Å². The minimum Gasteiger partial charge on any atom is -0.497 e. The van der Waals surface area contributed by atoms with Crippen LogP contribution in [0.15, 0.2) is 22.7 Å². The first-order valence-corrected chi connectivity index (χ1v) is 6.70. The van der Waals surface area contributed by atoms with E-state index >= 15 is 0 Å². The van der Waals surface area contributed by atoms with Crippen molar-refractivity contribution in [1.29, 1.82) is 0 Å². The summed E-state index contributed by atoms with van der Waals surface area (Å²) in [6, 6.07) is 5.66. The summed E-state index contributed by atoms with van der Waals surface area (Å²) in [5.74, 6) is 0.934. The van der Waals surface area contributed by atoms with E-state index < -0.39 is 0 Å². The lowest BCUT2D eigenvalue weighted by molar-refractivity contribution is -0.117. The third-order valence-corrected chi connectivity index (χ3v) is 3.23. The molecule has 1 rings (SSSR count). The summed E-state index contributed by atoms with van der Waals surface area (Å²) < 4.78 is 6.10. The lowest BCUT2D eigenvalue weighted by atomic mass is 10.1. The van der Waals surface area contributed by atoms with Crippen molar-refractivity contribution >= 4 is 21.7 Å². The van der Waals surface area contributed by atoms with Gasteiger partial charge in [-0.2, -0.15) is 0 Å². The van der Waals surface area contributed by atoms with Crippen molar-refractivity contribution in [2.24, 2.45) is 0 Å². The Balaban J connectivity index is 2.64. The van der Waals surface area contributed by atoms with Crippen LogP contribution in [-0.4, -0.2) is 25.0 Å². The molecule has 1 aromatic rings. The molecule has 0 aliphatic heterocycles. The molecule has 0 aliphatic carbocycles. The van der Waals surface area contributed by atoms with Crippen LogP contribution < -0.4 is 10.1 Å². The fraction of sp³-hybridized carbons (Fsp3) is 0.500. The summed E-state index contributed by atoms with van der Waals surface area (Å²) in [6.45, 7) is 6.51. The molecule has 18 heavy (non-hydrogen) atoms. The molecule has 0 spiro atoms. The number of benzene rings is 1. The smallest absolute Gasteiger partial charge is 0.151 e. The van der Waals surface area contributed by atoms with Gasteiger partial charge in [0.15, 0.2) is 5.78 Å². The first kappa shape index (κ1) is 15.2. The highest BCUT2D eigenvalue weighted by molar-refractivity contribution is 9.10. The molecule has 0 bridgehead atoms. The van der Waals surface area contributed by atoms with E-state index in [2.05, 4.69) is 21.2 Å². The summed E-state index contributed by atoms with van der Waals surface area (Å²) in [7, 11) is 1.62. The maximum Gasteiger partial charge on any atom is 0.151 e. The van der Waals surface area contributed by atoms with Gasteiger partial charge in [0.1, 0.15) is 5.75 Å². The first-order chi connectivity index (χ1) is 8.31. The maximum atomic E-state index is 11.9. The zero-order chi connectivity index (χ0) is 13.8. The number of methoxy groups -OCH3 is 1. The lowest BCUT2D eigenvalue weighted by Crippen LogP contribution is -2.39. The number of carbonyl (C=O) groups is 1. The van der Waals surface area contributed by atoms with Gasteiger partial charge in [0.25, 0.3) is 0 Å². The molecular formula is C14H20BrNO2. The monoisotopic (exact) mass is 313 g/mol. The Hall–Kier alpha value is -0.870. The average molecular weight is 314 g/mol. The highest BCUT2D eigenvalue weighted by atomic mass is 79.9. The number of ether oxygens (including phenoxy) is 1. The third-order valence-electron chi connectivity index (χ3n) is 2.46. The van der Waals surface area contributed by atoms with Gasteiger partial charge in [0.2, 0.25) is 0 Å². The van der Waals surface area contributed by atoms with Crippen molar-refractivity contribution in [3.05, 3.63) is 28.2 Å². The molecule has 0 saturated heterocycles. The summed E-state index contributed by atoms with van der Waals surface area (Å²) in [5.41, 5.74) is 0.913. The quantitative estimate of drug-likeness (QED) is 0.908. The number of hydrogen-bond acceptors (Lipinski definition) is 3. The molecule has 100 valence electrons. The fourth-order valence-corrected chi connectivity index (χ4v) is 1.84. The molecule has 0 heterocycles. The van der Waals surface area contributed by atoms with Gasteiger partial charge in [-0.1, -0.05) is 15.9 Å². The van der Waals surface area contributed by atoms with E-state index in [-0.39, 0.29) is 11.3 Å². The average Bonchev–Trinajstić information content (AvgIpc) is 2.28. The zero-order valence-electron chi connectivity index (χ0n) is 11.3. The van der Waals surface area contributed by atoms with Crippen LogP contribution in [0.3, 0.4) is 0 Å². The predicted octanol–water partition coefficient (Wildman–Crippen LogP) is 2.96. The molecule has 3 nitrogen and oxygen atoms in total. The molecule has 4 heteroatoms. The molecule has 0 saturated carbocycles. The van der Waals surface area contributed by atoms with Gasteiger partial charge >= 0.3 is 0 Å². The number of rotatable bonds is 5. The number of carbonyl (C=O) groups excluding carboxylic acids is 1. The van der Waals surface area contributed by atoms with Crippen LogP contribution in [0.5, 0.6) is 5.75 Å². The second-order valence-electron chi connectivity index (χ2n) is 5.28. The maximum absolute atomic E-state index is 11.9. The second kappa shape index (κ2) is 6.34. The summed E-state index contributed by atoms with van der Waals surface area (Å²) >= 11 is 3.45. The van der Waals surface area contributed by atoms with Crippen LogP contribution >= 0.6 is 15.9 Å². The van der Waals surface area contributed by atoms with Crippen LogP contribution in [0.4, 0.5) is 0 Å². The van der Waals surface area contributed by atoms with E-state index in [9.17, 15) is 4.79 Å². The van der Waals surface area contributed by atoms with E-state index in [1.807, 2.05) is 39.0 Å². The number of ketones is 1. The summed E-state index contributed by atoms with van der Waals surface area (Å²) in [5, 5.41) is 3.19. The Bertz CT molecular complexity index is 424. The van der Waals surface area contributed by atoms with Gasteiger partial charge < -0.3 is 10.1 Å². The van der Waals surface area contributed by atoms with Crippen LogP contribution in [0.1, 0.15) is 26.3 Å². The molecule has 1 N–H and O–H groups in total. The zero-order valence-corrected chi connectivity index (χ0v) is 12.9. The Morgan fingerprint density at radius 2 is 2.06 bits per heavy atom. The standard InChI is InChI=1S/C14H20BrNO2/c1-14(2,3)16-9-11(17)7-10-8-12(18-4)5-6-13(10)15/h5-6,8,16H,7,9H2,1-4H3. The van der Waals surface area contributed by atoms with Crippen LogP contribution in [0.2, 0.25) is 0 Å². The molecule has 1 aromatic carbocycles. The number of nitrogens with one attached hydrogen (secondary N) is 1. The molecule has 0 fully saturated rings. The van der Waals surface area contributed by atoms with Crippen molar-refractivity contribution < 1.29 is 9.53 Å². The summed E-state index contributed by atoms with van der Waals surface area (Å²) in [6.07, 6.45) is 0.404. The largest absolute Gasteiger partial charge is 0.497 e.